The highest BCUT2D eigenvalue weighted by molar-refractivity contribution is 5.76. The second-order valence-corrected chi connectivity index (χ2v) is 29.2. The van der Waals surface area contributed by atoms with Gasteiger partial charge in [-0.3, -0.25) is 9.59 Å². The maximum atomic E-state index is 12.6. The van der Waals surface area contributed by atoms with Crippen LogP contribution in [0.4, 0.5) is 0 Å². The average Bonchev–Trinajstić information content (AvgIpc) is 3.78. The molecule has 0 aromatic carbocycles. The van der Waals surface area contributed by atoms with Crippen LogP contribution in [-0.2, 0) is 14.3 Å². The van der Waals surface area contributed by atoms with Crippen LogP contribution in [0.3, 0.4) is 0 Å². The summed E-state index contributed by atoms with van der Waals surface area (Å²) in [7, 11) is 0. The van der Waals surface area contributed by atoms with Crippen LogP contribution in [0, 0.1) is 0 Å². The smallest absolute Gasteiger partial charge is 0.305 e. The lowest BCUT2D eigenvalue weighted by Crippen LogP contribution is -2.45. The molecule has 3 N–H and O–H groups in total. The maximum Gasteiger partial charge on any atom is 0.305 e. The summed E-state index contributed by atoms with van der Waals surface area (Å²) >= 11 is 0. The van der Waals surface area contributed by atoms with Crippen LogP contribution in [0.25, 0.3) is 0 Å². The Morgan fingerprint density at radius 2 is 0.538 bits per heavy atom. The number of aliphatic hydroxyl groups is 2. The van der Waals surface area contributed by atoms with Crippen molar-refractivity contribution in [2.24, 2.45) is 0 Å². The van der Waals surface area contributed by atoms with E-state index in [1.165, 1.54) is 379 Å². The average molecular weight is 1310 g/mol. The van der Waals surface area contributed by atoms with Crippen molar-refractivity contribution in [2.45, 2.75) is 482 Å². The molecule has 0 aliphatic carbocycles. The first-order valence-corrected chi connectivity index (χ1v) is 42.4. The van der Waals surface area contributed by atoms with Gasteiger partial charge in [-0.2, -0.15) is 0 Å². The quantitative estimate of drug-likeness (QED) is 0.0320. The molecule has 0 aromatic heterocycles. The number of hydrogen-bond donors (Lipinski definition) is 3. The van der Waals surface area contributed by atoms with E-state index in [4.69, 9.17) is 4.74 Å². The number of hydrogen-bond acceptors (Lipinski definition) is 5. The molecule has 0 aromatic rings. The molecule has 0 saturated heterocycles. The number of allylic oxidation sites excluding steroid dienone is 8. The van der Waals surface area contributed by atoms with Crippen LogP contribution in [0.5, 0.6) is 0 Å². The van der Waals surface area contributed by atoms with E-state index < -0.39 is 12.1 Å². The van der Waals surface area contributed by atoms with Crippen LogP contribution in [0.2, 0.25) is 0 Å². The minimum absolute atomic E-state index is 0.00678. The van der Waals surface area contributed by atoms with E-state index in [2.05, 4.69) is 67.8 Å². The van der Waals surface area contributed by atoms with E-state index in [9.17, 15) is 19.8 Å². The van der Waals surface area contributed by atoms with Crippen molar-refractivity contribution < 1.29 is 24.5 Å². The number of carbonyl (C=O) groups is 2. The zero-order valence-corrected chi connectivity index (χ0v) is 63.0. The zero-order valence-electron chi connectivity index (χ0n) is 63.0. The second-order valence-electron chi connectivity index (χ2n) is 29.2. The van der Waals surface area contributed by atoms with Crippen molar-refractivity contribution in [1.82, 2.24) is 5.32 Å². The van der Waals surface area contributed by atoms with Gasteiger partial charge in [-0.15, -0.1) is 0 Å². The molecule has 6 heteroatoms. The lowest BCUT2D eigenvalue weighted by atomic mass is 10.0. The monoisotopic (exact) mass is 1300 g/mol. The Balaban J connectivity index is 3.36. The van der Waals surface area contributed by atoms with E-state index in [1.807, 2.05) is 0 Å². The van der Waals surface area contributed by atoms with Gasteiger partial charge in [0.05, 0.1) is 25.4 Å². The van der Waals surface area contributed by atoms with Gasteiger partial charge in [0.15, 0.2) is 0 Å². The summed E-state index contributed by atoms with van der Waals surface area (Å²) in [5, 5.41) is 23.5. The van der Waals surface area contributed by atoms with Crippen molar-refractivity contribution in [3.05, 3.63) is 48.6 Å². The molecule has 2 unspecified atom stereocenters. The Hall–Kier alpha value is -2.18. The Labute approximate surface area is 582 Å². The summed E-state index contributed by atoms with van der Waals surface area (Å²) in [5.41, 5.74) is 0. The number of amides is 1. The SMILES string of the molecule is CCCCC/C=C\C/C=C\CCCCCCCC(=O)OCCCCCCCCCCCCCCCCC/C=C\C/C=C\CCCCCCCCCCCCCCCCCCCC(=O)NC(CO)C(O)CCCCCCCCCCCCCCCCCCCCCCCC. The topological polar surface area (TPSA) is 95.9 Å². The summed E-state index contributed by atoms with van der Waals surface area (Å²) in [5.74, 6) is -0.0199. The van der Waals surface area contributed by atoms with Gasteiger partial charge in [0, 0.05) is 12.8 Å². The fraction of sp³-hybridized carbons (Fsp3) is 0.885. The molecule has 548 valence electrons. The predicted octanol–water partition coefficient (Wildman–Crippen LogP) is 28.3. The first kappa shape index (κ1) is 90.8. The molecule has 0 aliphatic heterocycles. The molecule has 0 rings (SSSR count). The van der Waals surface area contributed by atoms with Gasteiger partial charge >= 0.3 is 5.97 Å². The molecule has 0 radical (unpaired) electrons. The summed E-state index contributed by atoms with van der Waals surface area (Å²) in [6.45, 7) is 4.97. The highest BCUT2D eigenvalue weighted by atomic mass is 16.5. The van der Waals surface area contributed by atoms with Crippen molar-refractivity contribution in [1.29, 1.82) is 0 Å². The number of unbranched alkanes of at least 4 members (excludes halogenated alkanes) is 61. The lowest BCUT2D eigenvalue weighted by molar-refractivity contribution is -0.143. The molecular weight excluding hydrogens is 1140 g/mol. The molecule has 0 spiro atoms. The van der Waals surface area contributed by atoms with Gasteiger partial charge in [-0.25, -0.2) is 0 Å². The van der Waals surface area contributed by atoms with Crippen LogP contribution in [-0.4, -0.2) is 47.4 Å². The van der Waals surface area contributed by atoms with Crippen molar-refractivity contribution in [3.63, 3.8) is 0 Å². The molecule has 0 fully saturated rings. The van der Waals surface area contributed by atoms with Gasteiger partial charge in [0.1, 0.15) is 0 Å². The van der Waals surface area contributed by atoms with Gasteiger partial charge < -0.3 is 20.3 Å². The molecule has 1 amide bonds. The molecular formula is C87H165NO5. The number of carbonyl (C=O) groups excluding carboxylic acids is 2. The molecule has 0 aliphatic rings. The standard InChI is InChI=1S/C87H165NO5/c1-3-5-7-9-11-13-15-17-19-20-21-22-42-45-48-52-55-59-63-67-71-75-79-85(90)84(83-89)88-86(91)80-76-72-68-64-60-56-53-49-46-43-40-38-36-34-32-30-28-26-24-23-25-27-29-31-33-35-37-39-41-44-47-50-54-58-62-66-70-74-78-82-93-87(92)81-77-73-69-65-61-57-51-18-16-14-12-10-8-6-4-2/h12,14,18,23-24,27,29,51,84-85,89-90H,3-11,13,15-17,19-22,25-26,28,30-50,52-83H2,1-2H3,(H,88,91)/b14-12-,24-23-,29-27-,51-18-. The number of esters is 1. The third-order valence-electron chi connectivity index (χ3n) is 19.9. The summed E-state index contributed by atoms with van der Waals surface area (Å²) < 4.78 is 5.49. The van der Waals surface area contributed by atoms with Crippen LogP contribution in [0.15, 0.2) is 48.6 Å². The van der Waals surface area contributed by atoms with Crippen molar-refractivity contribution in [2.75, 3.05) is 13.2 Å². The van der Waals surface area contributed by atoms with Gasteiger partial charge in [-0.05, 0) is 89.9 Å². The normalized spacial score (nSPS) is 12.7. The Morgan fingerprint density at radius 3 is 0.839 bits per heavy atom. The van der Waals surface area contributed by atoms with E-state index in [-0.39, 0.29) is 18.5 Å². The number of rotatable bonds is 80. The minimum atomic E-state index is -0.664. The molecule has 6 nitrogen and oxygen atoms in total. The molecule has 0 bridgehead atoms. The minimum Gasteiger partial charge on any atom is -0.466 e. The number of ether oxygens (including phenoxy) is 1. The zero-order chi connectivity index (χ0) is 67.0. The largest absolute Gasteiger partial charge is 0.466 e. The van der Waals surface area contributed by atoms with Crippen LogP contribution < -0.4 is 5.32 Å². The fourth-order valence-corrected chi connectivity index (χ4v) is 13.4. The third kappa shape index (κ3) is 78.7. The van der Waals surface area contributed by atoms with Crippen molar-refractivity contribution in [3.8, 4) is 0 Å². The third-order valence-corrected chi connectivity index (χ3v) is 19.9. The number of aliphatic hydroxyl groups excluding tert-OH is 2. The van der Waals surface area contributed by atoms with E-state index >= 15 is 0 Å². The van der Waals surface area contributed by atoms with Gasteiger partial charge in [0.2, 0.25) is 5.91 Å². The second kappa shape index (κ2) is 82.2. The highest BCUT2D eigenvalue weighted by Crippen LogP contribution is 2.20. The molecule has 93 heavy (non-hydrogen) atoms. The Kier molecular flexibility index (Phi) is 80.3. The summed E-state index contributed by atoms with van der Waals surface area (Å²) in [6.07, 6.45) is 109. The molecule has 0 saturated carbocycles. The van der Waals surface area contributed by atoms with Crippen LogP contribution in [0.1, 0.15) is 470 Å². The first-order chi connectivity index (χ1) is 46.0. The van der Waals surface area contributed by atoms with Gasteiger partial charge in [0.25, 0.3) is 0 Å². The number of nitrogens with one attached hydrogen (secondary N) is 1. The maximum absolute atomic E-state index is 12.6. The van der Waals surface area contributed by atoms with Crippen molar-refractivity contribution >= 4 is 11.9 Å². The van der Waals surface area contributed by atoms with E-state index in [0.29, 0.717) is 25.9 Å². The van der Waals surface area contributed by atoms with Crippen LogP contribution >= 0.6 is 0 Å². The molecule has 0 heterocycles. The molecule has 2 atom stereocenters. The highest BCUT2D eigenvalue weighted by Gasteiger charge is 2.20. The Bertz CT molecular complexity index is 1550. The fourth-order valence-electron chi connectivity index (χ4n) is 13.4. The van der Waals surface area contributed by atoms with E-state index in [0.717, 1.165) is 57.8 Å². The van der Waals surface area contributed by atoms with Gasteiger partial charge in [-0.1, -0.05) is 416 Å². The summed E-state index contributed by atoms with van der Waals surface area (Å²) in [4.78, 5) is 24.7. The first-order valence-electron chi connectivity index (χ1n) is 42.4. The van der Waals surface area contributed by atoms with E-state index in [1.54, 1.807) is 0 Å². The predicted molar refractivity (Wildman–Crippen MR) is 412 cm³/mol. The Morgan fingerprint density at radius 1 is 0.301 bits per heavy atom. The summed E-state index contributed by atoms with van der Waals surface area (Å²) in [6, 6.07) is -0.541. The lowest BCUT2D eigenvalue weighted by Gasteiger charge is -2.22.